The number of H-pyrrole nitrogens is 1. The standard InChI is InChI=1S/C12H9BrN2O3/c13-7-3-9(14-5-7)12(16)15-8-1-2-10-11(4-8)18-6-17-10/h1-5,14H,6H2,(H,15,16). The maximum Gasteiger partial charge on any atom is 0.272 e. The zero-order chi connectivity index (χ0) is 12.5. The summed E-state index contributed by atoms with van der Waals surface area (Å²) in [6, 6.07) is 6.98. The average Bonchev–Trinajstić information content (AvgIpc) is 2.96. The highest BCUT2D eigenvalue weighted by Crippen LogP contribution is 2.34. The van der Waals surface area contributed by atoms with E-state index < -0.39 is 0 Å². The molecule has 2 aromatic rings. The Labute approximate surface area is 111 Å². The normalized spacial score (nSPS) is 12.5. The number of fused-ring (bicyclic) bond motifs is 1. The molecule has 92 valence electrons. The van der Waals surface area contributed by atoms with Gasteiger partial charge in [-0.3, -0.25) is 4.79 Å². The van der Waals surface area contributed by atoms with Crippen LogP contribution in [-0.4, -0.2) is 17.7 Å². The first kappa shape index (κ1) is 11.2. The van der Waals surface area contributed by atoms with Gasteiger partial charge in [-0.25, -0.2) is 0 Å². The fourth-order valence-electron chi connectivity index (χ4n) is 1.67. The number of aromatic amines is 1. The molecule has 18 heavy (non-hydrogen) atoms. The van der Waals surface area contributed by atoms with Crippen molar-refractivity contribution >= 4 is 27.5 Å². The molecular formula is C12H9BrN2O3. The molecule has 1 aliphatic heterocycles. The number of hydrogen-bond acceptors (Lipinski definition) is 3. The highest BCUT2D eigenvalue weighted by molar-refractivity contribution is 9.10. The molecule has 0 saturated heterocycles. The fourth-order valence-corrected chi connectivity index (χ4v) is 2.02. The summed E-state index contributed by atoms with van der Waals surface area (Å²) >= 11 is 3.28. The fraction of sp³-hybridized carbons (Fsp3) is 0.0833. The highest BCUT2D eigenvalue weighted by Gasteiger charge is 2.15. The van der Waals surface area contributed by atoms with Gasteiger partial charge in [0.05, 0.1) is 0 Å². The molecular weight excluding hydrogens is 300 g/mol. The van der Waals surface area contributed by atoms with Crippen LogP contribution >= 0.6 is 15.9 Å². The average molecular weight is 309 g/mol. The Hall–Kier alpha value is -1.95. The summed E-state index contributed by atoms with van der Waals surface area (Å²) in [5.41, 5.74) is 1.15. The SMILES string of the molecule is O=C(Nc1ccc2c(c1)OCO2)c1cc(Br)c[nH]1. The molecule has 0 spiro atoms. The van der Waals surface area contributed by atoms with Crippen molar-refractivity contribution in [2.45, 2.75) is 0 Å². The van der Waals surface area contributed by atoms with Crippen molar-refractivity contribution in [1.29, 1.82) is 0 Å². The quantitative estimate of drug-likeness (QED) is 0.896. The van der Waals surface area contributed by atoms with Crippen LogP contribution in [0.2, 0.25) is 0 Å². The lowest BCUT2D eigenvalue weighted by atomic mass is 10.2. The van der Waals surface area contributed by atoms with Gasteiger partial charge in [-0.05, 0) is 34.1 Å². The van der Waals surface area contributed by atoms with Gasteiger partial charge in [0.25, 0.3) is 5.91 Å². The monoisotopic (exact) mass is 308 g/mol. The van der Waals surface area contributed by atoms with Gasteiger partial charge in [0.2, 0.25) is 6.79 Å². The van der Waals surface area contributed by atoms with E-state index in [9.17, 15) is 4.79 Å². The van der Waals surface area contributed by atoms with E-state index in [0.717, 1.165) is 4.47 Å². The molecule has 0 radical (unpaired) electrons. The van der Waals surface area contributed by atoms with Crippen molar-refractivity contribution in [2.24, 2.45) is 0 Å². The van der Waals surface area contributed by atoms with Crippen LogP contribution in [0.4, 0.5) is 5.69 Å². The van der Waals surface area contributed by atoms with E-state index in [0.29, 0.717) is 22.9 Å². The lowest BCUT2D eigenvalue weighted by molar-refractivity contribution is 0.102. The molecule has 1 aromatic heterocycles. The Morgan fingerprint density at radius 1 is 1.28 bits per heavy atom. The molecule has 1 amide bonds. The van der Waals surface area contributed by atoms with Crippen LogP contribution in [0.3, 0.4) is 0 Å². The lowest BCUT2D eigenvalue weighted by Crippen LogP contribution is -2.11. The zero-order valence-electron chi connectivity index (χ0n) is 9.20. The summed E-state index contributed by atoms with van der Waals surface area (Å²) in [6.45, 7) is 0.219. The molecule has 0 aliphatic carbocycles. The van der Waals surface area contributed by atoms with Crippen molar-refractivity contribution < 1.29 is 14.3 Å². The summed E-state index contributed by atoms with van der Waals surface area (Å²) in [4.78, 5) is 14.8. The third-order valence-electron chi connectivity index (χ3n) is 2.52. The van der Waals surface area contributed by atoms with Gasteiger partial charge in [0.15, 0.2) is 11.5 Å². The first-order chi connectivity index (χ1) is 8.72. The minimum absolute atomic E-state index is 0.209. The number of anilines is 1. The number of benzene rings is 1. The van der Waals surface area contributed by atoms with E-state index in [1.165, 1.54) is 0 Å². The maximum atomic E-state index is 11.9. The predicted molar refractivity (Wildman–Crippen MR) is 69.0 cm³/mol. The van der Waals surface area contributed by atoms with E-state index in [1.54, 1.807) is 30.5 Å². The topological polar surface area (TPSA) is 63.4 Å². The minimum atomic E-state index is -0.209. The number of amides is 1. The Bertz CT molecular complexity index is 609. The van der Waals surface area contributed by atoms with Gasteiger partial charge in [0, 0.05) is 22.4 Å². The van der Waals surface area contributed by atoms with Crippen molar-refractivity contribution in [1.82, 2.24) is 4.98 Å². The molecule has 1 aromatic carbocycles. The number of carbonyl (C=O) groups is 1. The number of hydrogen-bond donors (Lipinski definition) is 2. The number of ether oxygens (including phenoxy) is 2. The number of nitrogens with one attached hydrogen (secondary N) is 2. The first-order valence-electron chi connectivity index (χ1n) is 5.27. The van der Waals surface area contributed by atoms with Gasteiger partial charge in [-0.15, -0.1) is 0 Å². The molecule has 1 aliphatic rings. The summed E-state index contributed by atoms with van der Waals surface area (Å²) in [6.07, 6.45) is 1.70. The van der Waals surface area contributed by atoms with E-state index in [1.807, 2.05) is 0 Å². The second kappa shape index (κ2) is 4.38. The van der Waals surface area contributed by atoms with E-state index >= 15 is 0 Å². The van der Waals surface area contributed by atoms with Crippen LogP contribution in [0.5, 0.6) is 11.5 Å². The number of rotatable bonds is 2. The number of halogens is 1. The van der Waals surface area contributed by atoms with Gasteiger partial charge >= 0.3 is 0 Å². The molecule has 6 heteroatoms. The number of aromatic nitrogens is 1. The van der Waals surface area contributed by atoms with E-state index in [-0.39, 0.29) is 12.7 Å². The molecule has 5 nitrogen and oxygen atoms in total. The first-order valence-corrected chi connectivity index (χ1v) is 6.06. The maximum absolute atomic E-state index is 11.9. The Morgan fingerprint density at radius 3 is 2.89 bits per heavy atom. The molecule has 0 fully saturated rings. The van der Waals surface area contributed by atoms with E-state index in [4.69, 9.17) is 9.47 Å². The molecule has 2 heterocycles. The van der Waals surface area contributed by atoms with Crippen LogP contribution in [0.1, 0.15) is 10.5 Å². The van der Waals surface area contributed by atoms with Gasteiger partial charge < -0.3 is 19.8 Å². The second-order valence-corrected chi connectivity index (χ2v) is 4.67. The summed E-state index contributed by atoms with van der Waals surface area (Å²) in [5, 5.41) is 2.77. The molecule has 0 saturated carbocycles. The van der Waals surface area contributed by atoms with Crippen LogP contribution in [-0.2, 0) is 0 Å². The van der Waals surface area contributed by atoms with Crippen LogP contribution < -0.4 is 14.8 Å². The van der Waals surface area contributed by atoms with Crippen LogP contribution in [0.15, 0.2) is 34.9 Å². The van der Waals surface area contributed by atoms with E-state index in [2.05, 4.69) is 26.2 Å². The zero-order valence-corrected chi connectivity index (χ0v) is 10.8. The number of carbonyl (C=O) groups excluding carboxylic acids is 1. The largest absolute Gasteiger partial charge is 0.454 e. The third kappa shape index (κ3) is 2.06. The summed E-state index contributed by atoms with van der Waals surface area (Å²) < 4.78 is 11.3. The van der Waals surface area contributed by atoms with Crippen molar-refractivity contribution in [2.75, 3.05) is 12.1 Å². The minimum Gasteiger partial charge on any atom is -0.454 e. The smallest absolute Gasteiger partial charge is 0.272 e. The lowest BCUT2D eigenvalue weighted by Gasteiger charge is -2.04. The Balaban J connectivity index is 1.78. The molecule has 3 rings (SSSR count). The van der Waals surface area contributed by atoms with Crippen LogP contribution in [0, 0.1) is 0 Å². The summed E-state index contributed by atoms with van der Waals surface area (Å²) in [5.74, 6) is 1.12. The van der Waals surface area contributed by atoms with Crippen molar-refractivity contribution in [3.63, 3.8) is 0 Å². The van der Waals surface area contributed by atoms with Crippen molar-refractivity contribution in [3.8, 4) is 11.5 Å². The van der Waals surface area contributed by atoms with Crippen molar-refractivity contribution in [3.05, 3.63) is 40.6 Å². The van der Waals surface area contributed by atoms with Gasteiger partial charge in [0.1, 0.15) is 5.69 Å². The highest BCUT2D eigenvalue weighted by atomic mass is 79.9. The summed E-state index contributed by atoms with van der Waals surface area (Å²) in [7, 11) is 0. The molecule has 2 N–H and O–H groups in total. The molecule has 0 bridgehead atoms. The predicted octanol–water partition coefficient (Wildman–Crippen LogP) is 2.76. The van der Waals surface area contributed by atoms with Gasteiger partial charge in [-0.2, -0.15) is 0 Å². The third-order valence-corrected chi connectivity index (χ3v) is 2.98. The second-order valence-electron chi connectivity index (χ2n) is 3.75. The van der Waals surface area contributed by atoms with Gasteiger partial charge in [-0.1, -0.05) is 0 Å². The molecule has 0 atom stereocenters. The molecule has 0 unspecified atom stereocenters. The van der Waals surface area contributed by atoms with Crippen LogP contribution in [0.25, 0.3) is 0 Å². The Morgan fingerprint density at radius 2 is 2.11 bits per heavy atom. The Kier molecular flexibility index (Phi) is 2.71.